The molecule has 5 nitrogen and oxygen atoms in total. The van der Waals surface area contributed by atoms with E-state index in [1.165, 1.54) is 25.7 Å². The molecule has 0 spiro atoms. The SMILES string of the molecule is O=C(NC1(C(=O)O)CCC1)N1CC2CCCC(C2)C1. The number of rotatable bonds is 2. The number of amides is 2. The van der Waals surface area contributed by atoms with Crippen LogP contribution in [0, 0.1) is 11.8 Å². The number of carboxylic acids is 1. The summed E-state index contributed by atoms with van der Waals surface area (Å²) >= 11 is 0. The third kappa shape index (κ3) is 2.30. The summed E-state index contributed by atoms with van der Waals surface area (Å²) in [5, 5.41) is 12.0. The number of carboxylic acid groups (broad SMARTS) is 1. The second-order valence-corrected chi connectivity index (χ2v) is 6.47. The van der Waals surface area contributed by atoms with E-state index in [-0.39, 0.29) is 6.03 Å². The van der Waals surface area contributed by atoms with Crippen LogP contribution < -0.4 is 5.32 Å². The molecule has 2 unspecified atom stereocenters. The molecule has 2 saturated carbocycles. The highest BCUT2D eigenvalue weighted by molar-refractivity contribution is 5.87. The number of nitrogens with one attached hydrogen (secondary N) is 1. The smallest absolute Gasteiger partial charge is 0.329 e. The number of carbonyl (C=O) groups excluding carboxylic acids is 1. The summed E-state index contributed by atoms with van der Waals surface area (Å²) in [5.41, 5.74) is -0.982. The monoisotopic (exact) mass is 266 g/mol. The fourth-order valence-corrected chi connectivity index (χ4v) is 3.80. The maximum Gasteiger partial charge on any atom is 0.329 e. The van der Waals surface area contributed by atoms with Crippen LogP contribution in [0.4, 0.5) is 4.79 Å². The van der Waals surface area contributed by atoms with E-state index >= 15 is 0 Å². The van der Waals surface area contributed by atoms with Gasteiger partial charge in [-0.25, -0.2) is 9.59 Å². The van der Waals surface area contributed by atoms with Gasteiger partial charge in [0.15, 0.2) is 0 Å². The number of hydrogen-bond acceptors (Lipinski definition) is 2. The first-order valence-corrected chi connectivity index (χ1v) is 7.39. The molecule has 0 aromatic rings. The lowest BCUT2D eigenvalue weighted by molar-refractivity contribution is -0.148. The molecule has 2 aliphatic carbocycles. The molecule has 2 bridgehead atoms. The van der Waals surface area contributed by atoms with Crippen molar-refractivity contribution in [3.05, 3.63) is 0 Å². The summed E-state index contributed by atoms with van der Waals surface area (Å²) < 4.78 is 0. The van der Waals surface area contributed by atoms with Crippen molar-refractivity contribution < 1.29 is 14.7 Å². The fourth-order valence-electron chi connectivity index (χ4n) is 3.80. The van der Waals surface area contributed by atoms with Crippen molar-refractivity contribution in [1.82, 2.24) is 10.2 Å². The fraction of sp³-hybridized carbons (Fsp3) is 0.857. The van der Waals surface area contributed by atoms with Crippen LogP contribution in [0.25, 0.3) is 0 Å². The third-order valence-electron chi connectivity index (χ3n) is 5.10. The first-order chi connectivity index (χ1) is 9.09. The molecular weight excluding hydrogens is 244 g/mol. The third-order valence-corrected chi connectivity index (χ3v) is 5.10. The van der Waals surface area contributed by atoms with Gasteiger partial charge in [0, 0.05) is 13.1 Å². The van der Waals surface area contributed by atoms with Gasteiger partial charge < -0.3 is 15.3 Å². The number of fused-ring (bicyclic) bond motifs is 2. The van der Waals surface area contributed by atoms with Crippen LogP contribution in [0.2, 0.25) is 0 Å². The van der Waals surface area contributed by atoms with Gasteiger partial charge in [0.05, 0.1) is 0 Å². The van der Waals surface area contributed by atoms with Crippen molar-refractivity contribution in [2.45, 2.75) is 50.5 Å². The minimum absolute atomic E-state index is 0.168. The van der Waals surface area contributed by atoms with Crippen molar-refractivity contribution in [2.24, 2.45) is 11.8 Å². The number of hydrogen-bond donors (Lipinski definition) is 2. The molecule has 3 aliphatic rings. The second kappa shape index (κ2) is 4.69. The highest BCUT2D eigenvalue weighted by Crippen LogP contribution is 2.36. The Morgan fingerprint density at radius 3 is 2.21 bits per heavy atom. The molecule has 3 fully saturated rings. The summed E-state index contributed by atoms with van der Waals surface area (Å²) in [6, 6.07) is -0.168. The van der Waals surface area contributed by atoms with E-state index in [0.29, 0.717) is 24.7 Å². The van der Waals surface area contributed by atoms with Crippen LogP contribution >= 0.6 is 0 Å². The summed E-state index contributed by atoms with van der Waals surface area (Å²) in [7, 11) is 0. The first-order valence-electron chi connectivity index (χ1n) is 7.39. The predicted octanol–water partition coefficient (Wildman–Crippen LogP) is 1.83. The van der Waals surface area contributed by atoms with Gasteiger partial charge in [0.25, 0.3) is 0 Å². The Labute approximate surface area is 113 Å². The Hall–Kier alpha value is -1.26. The zero-order valence-corrected chi connectivity index (χ0v) is 11.2. The molecule has 0 aromatic carbocycles. The second-order valence-electron chi connectivity index (χ2n) is 6.47. The maximum atomic E-state index is 12.3. The van der Waals surface area contributed by atoms with Crippen LogP contribution in [-0.2, 0) is 4.79 Å². The molecule has 1 heterocycles. The zero-order valence-electron chi connectivity index (χ0n) is 11.2. The summed E-state index contributed by atoms with van der Waals surface area (Å²) in [6.45, 7) is 1.61. The molecule has 0 radical (unpaired) electrons. The lowest BCUT2D eigenvalue weighted by Crippen LogP contribution is -2.63. The molecule has 2 atom stereocenters. The van der Waals surface area contributed by atoms with Gasteiger partial charge >= 0.3 is 12.0 Å². The van der Waals surface area contributed by atoms with Gasteiger partial charge in [-0.3, -0.25) is 0 Å². The molecule has 0 aromatic heterocycles. The highest BCUT2D eigenvalue weighted by atomic mass is 16.4. The number of likely N-dealkylation sites (tertiary alicyclic amines) is 1. The van der Waals surface area contributed by atoms with E-state index in [9.17, 15) is 14.7 Å². The molecule has 1 saturated heterocycles. The normalized spacial score (nSPS) is 32.3. The van der Waals surface area contributed by atoms with Gasteiger partial charge in [-0.1, -0.05) is 6.42 Å². The molecule has 3 rings (SSSR count). The van der Waals surface area contributed by atoms with Crippen molar-refractivity contribution in [1.29, 1.82) is 0 Å². The van der Waals surface area contributed by atoms with E-state index in [1.54, 1.807) is 0 Å². The Morgan fingerprint density at radius 2 is 1.74 bits per heavy atom. The number of urea groups is 1. The molecule has 5 heteroatoms. The van der Waals surface area contributed by atoms with Crippen LogP contribution in [-0.4, -0.2) is 40.6 Å². The van der Waals surface area contributed by atoms with Gasteiger partial charge in [-0.2, -0.15) is 0 Å². The summed E-state index contributed by atoms with van der Waals surface area (Å²) in [6.07, 6.45) is 6.97. The van der Waals surface area contributed by atoms with Crippen LogP contribution in [0.1, 0.15) is 44.9 Å². The van der Waals surface area contributed by atoms with E-state index in [2.05, 4.69) is 5.32 Å². The molecular formula is C14H22N2O3. The minimum atomic E-state index is -0.982. The van der Waals surface area contributed by atoms with E-state index in [1.807, 2.05) is 4.90 Å². The van der Waals surface area contributed by atoms with Crippen molar-refractivity contribution in [3.63, 3.8) is 0 Å². The molecule has 1 aliphatic heterocycles. The summed E-state index contributed by atoms with van der Waals surface area (Å²) in [5.74, 6) is 0.366. The van der Waals surface area contributed by atoms with Crippen molar-refractivity contribution in [3.8, 4) is 0 Å². The topological polar surface area (TPSA) is 69.6 Å². The van der Waals surface area contributed by atoms with Crippen LogP contribution in [0.3, 0.4) is 0 Å². The van der Waals surface area contributed by atoms with E-state index in [4.69, 9.17) is 0 Å². The van der Waals surface area contributed by atoms with Gasteiger partial charge in [0.2, 0.25) is 0 Å². The van der Waals surface area contributed by atoms with Crippen molar-refractivity contribution >= 4 is 12.0 Å². The number of carbonyl (C=O) groups is 2. The molecule has 19 heavy (non-hydrogen) atoms. The Balaban J connectivity index is 1.62. The van der Waals surface area contributed by atoms with Crippen LogP contribution in [0.5, 0.6) is 0 Å². The average molecular weight is 266 g/mol. The highest BCUT2D eigenvalue weighted by Gasteiger charge is 2.47. The van der Waals surface area contributed by atoms with Crippen LogP contribution in [0.15, 0.2) is 0 Å². The standard InChI is InChI=1S/C14H22N2O3/c17-12(18)14(5-2-6-14)15-13(19)16-8-10-3-1-4-11(7-10)9-16/h10-11H,1-9H2,(H,15,19)(H,17,18). The average Bonchev–Trinajstić information content (AvgIpc) is 2.32. The number of nitrogens with zero attached hydrogens (tertiary/aromatic N) is 1. The maximum absolute atomic E-state index is 12.3. The Morgan fingerprint density at radius 1 is 1.11 bits per heavy atom. The van der Waals surface area contributed by atoms with E-state index < -0.39 is 11.5 Å². The van der Waals surface area contributed by atoms with Gasteiger partial charge in [-0.05, 0) is 50.4 Å². The van der Waals surface area contributed by atoms with E-state index in [0.717, 1.165) is 19.5 Å². The minimum Gasteiger partial charge on any atom is -0.480 e. The lowest BCUT2D eigenvalue weighted by Gasteiger charge is -2.44. The molecule has 106 valence electrons. The number of piperidine rings is 1. The zero-order chi connectivity index (χ0) is 13.5. The summed E-state index contributed by atoms with van der Waals surface area (Å²) in [4.78, 5) is 25.4. The lowest BCUT2D eigenvalue weighted by atomic mass is 9.76. The van der Waals surface area contributed by atoms with Crippen molar-refractivity contribution in [2.75, 3.05) is 13.1 Å². The number of aliphatic carboxylic acids is 1. The first kappa shape index (κ1) is 12.8. The molecule has 2 amide bonds. The van der Waals surface area contributed by atoms with Gasteiger partial charge in [0.1, 0.15) is 5.54 Å². The van der Waals surface area contributed by atoms with Gasteiger partial charge in [-0.15, -0.1) is 0 Å². The molecule has 2 N–H and O–H groups in total. The Bertz CT molecular complexity index is 380. The quantitative estimate of drug-likeness (QED) is 0.801. The predicted molar refractivity (Wildman–Crippen MR) is 69.8 cm³/mol. The Kier molecular flexibility index (Phi) is 3.15. The largest absolute Gasteiger partial charge is 0.480 e.